The zero-order valence-electron chi connectivity index (χ0n) is 18.4. The van der Waals surface area contributed by atoms with E-state index in [0.29, 0.717) is 20.6 Å². The van der Waals surface area contributed by atoms with Crippen LogP contribution >= 0.6 is 11.3 Å². The third kappa shape index (κ3) is 4.03. The molecule has 1 aromatic heterocycles. The number of ether oxygens (including phenoxy) is 2. The van der Waals surface area contributed by atoms with Crippen molar-refractivity contribution in [2.45, 2.75) is 26.8 Å². The summed E-state index contributed by atoms with van der Waals surface area (Å²) in [5.74, 6) is 0.293. The number of carbonyl (C=O) groups is 1. The number of esters is 1. The van der Waals surface area contributed by atoms with Crippen molar-refractivity contribution < 1.29 is 14.3 Å². The molecule has 0 bridgehead atoms. The average Bonchev–Trinajstić information content (AvgIpc) is 3.08. The minimum absolute atomic E-state index is 0.190. The van der Waals surface area contributed by atoms with Crippen molar-refractivity contribution in [2.24, 2.45) is 4.99 Å². The normalized spacial score (nSPS) is 15.9. The smallest absolute Gasteiger partial charge is 0.338 e. The standard InChI is InChI=1S/C25H24N2O4S/c1-5-31-24(29)21-16(3)26-25-27(22(21)18-10-6-15(2)7-11-18)23(28)20(32-25)14-17-8-12-19(30-4)13-9-17/h6-14,22H,5H2,1-4H3/b20-14-/t22-/m1/s1. The molecule has 0 N–H and O–H groups in total. The van der Waals surface area contributed by atoms with Gasteiger partial charge < -0.3 is 9.47 Å². The minimum Gasteiger partial charge on any atom is -0.497 e. The van der Waals surface area contributed by atoms with E-state index in [1.807, 2.05) is 61.5 Å². The fourth-order valence-electron chi connectivity index (χ4n) is 3.71. The van der Waals surface area contributed by atoms with E-state index in [9.17, 15) is 9.59 Å². The number of benzene rings is 2. The topological polar surface area (TPSA) is 69.9 Å². The lowest BCUT2D eigenvalue weighted by atomic mass is 9.95. The van der Waals surface area contributed by atoms with Crippen LogP contribution in [0.25, 0.3) is 6.08 Å². The van der Waals surface area contributed by atoms with Crippen molar-refractivity contribution in [3.8, 4) is 5.75 Å². The van der Waals surface area contributed by atoms with E-state index >= 15 is 0 Å². The first-order valence-corrected chi connectivity index (χ1v) is 11.1. The van der Waals surface area contributed by atoms with Crippen LogP contribution in [0.5, 0.6) is 5.75 Å². The van der Waals surface area contributed by atoms with Crippen LogP contribution in [0.2, 0.25) is 0 Å². The van der Waals surface area contributed by atoms with Gasteiger partial charge in [-0.25, -0.2) is 9.79 Å². The van der Waals surface area contributed by atoms with Crippen LogP contribution in [0, 0.1) is 6.92 Å². The quantitative estimate of drug-likeness (QED) is 0.563. The molecule has 32 heavy (non-hydrogen) atoms. The zero-order valence-corrected chi connectivity index (χ0v) is 19.2. The number of aryl methyl sites for hydroxylation is 1. The highest BCUT2D eigenvalue weighted by molar-refractivity contribution is 7.07. The van der Waals surface area contributed by atoms with Gasteiger partial charge in [0.05, 0.1) is 35.6 Å². The van der Waals surface area contributed by atoms with E-state index in [4.69, 9.17) is 9.47 Å². The lowest BCUT2D eigenvalue weighted by molar-refractivity contribution is -0.139. The molecular formula is C25H24N2O4S. The molecule has 2 aromatic carbocycles. The van der Waals surface area contributed by atoms with Gasteiger partial charge in [0.15, 0.2) is 4.80 Å². The molecule has 2 heterocycles. The van der Waals surface area contributed by atoms with E-state index in [0.717, 1.165) is 22.4 Å². The third-order valence-corrected chi connectivity index (χ3v) is 6.31. The van der Waals surface area contributed by atoms with Crippen LogP contribution in [-0.2, 0) is 9.53 Å². The van der Waals surface area contributed by atoms with Crippen LogP contribution in [0.3, 0.4) is 0 Å². The van der Waals surface area contributed by atoms with Crippen LogP contribution in [0.15, 0.2) is 69.6 Å². The highest BCUT2D eigenvalue weighted by atomic mass is 32.1. The fourth-order valence-corrected chi connectivity index (χ4v) is 4.75. The Hall–Kier alpha value is -3.45. The van der Waals surface area contributed by atoms with E-state index in [1.54, 1.807) is 25.5 Å². The van der Waals surface area contributed by atoms with Crippen molar-refractivity contribution >= 4 is 23.4 Å². The molecule has 6 nitrogen and oxygen atoms in total. The van der Waals surface area contributed by atoms with Crippen LogP contribution in [-0.4, -0.2) is 24.3 Å². The fraction of sp³-hybridized carbons (Fsp3) is 0.240. The number of allylic oxidation sites excluding steroid dienone is 1. The van der Waals surface area contributed by atoms with Gasteiger partial charge in [0.1, 0.15) is 5.75 Å². The molecule has 0 unspecified atom stereocenters. The molecule has 0 spiro atoms. The molecule has 1 aliphatic rings. The lowest BCUT2D eigenvalue weighted by Gasteiger charge is -2.24. The Labute approximate surface area is 189 Å². The van der Waals surface area contributed by atoms with Gasteiger partial charge in [-0.05, 0) is 50.1 Å². The maximum Gasteiger partial charge on any atom is 0.338 e. The number of nitrogens with zero attached hydrogens (tertiary/aromatic N) is 2. The van der Waals surface area contributed by atoms with E-state index in [2.05, 4.69) is 4.99 Å². The van der Waals surface area contributed by atoms with Gasteiger partial charge >= 0.3 is 5.97 Å². The van der Waals surface area contributed by atoms with E-state index < -0.39 is 12.0 Å². The van der Waals surface area contributed by atoms with Gasteiger partial charge in [-0.15, -0.1) is 0 Å². The summed E-state index contributed by atoms with van der Waals surface area (Å²) in [6.07, 6.45) is 1.83. The number of aromatic nitrogens is 1. The summed E-state index contributed by atoms with van der Waals surface area (Å²) in [5.41, 5.74) is 3.57. The van der Waals surface area contributed by atoms with Gasteiger partial charge in [-0.3, -0.25) is 9.36 Å². The molecule has 164 valence electrons. The second-order valence-corrected chi connectivity index (χ2v) is 8.50. The molecular weight excluding hydrogens is 424 g/mol. The summed E-state index contributed by atoms with van der Waals surface area (Å²) in [6.45, 7) is 5.79. The summed E-state index contributed by atoms with van der Waals surface area (Å²) >= 11 is 1.31. The van der Waals surface area contributed by atoms with E-state index in [-0.39, 0.29) is 12.2 Å². The summed E-state index contributed by atoms with van der Waals surface area (Å²) in [5, 5.41) is 0. The van der Waals surface area contributed by atoms with Crippen LogP contribution < -0.4 is 19.6 Å². The van der Waals surface area contributed by atoms with Crippen molar-refractivity contribution in [3.63, 3.8) is 0 Å². The minimum atomic E-state index is -0.594. The first-order chi connectivity index (χ1) is 15.4. The van der Waals surface area contributed by atoms with E-state index in [1.165, 1.54) is 11.3 Å². The molecule has 0 amide bonds. The molecule has 0 aliphatic carbocycles. The Morgan fingerprint density at radius 3 is 2.44 bits per heavy atom. The Balaban J connectivity index is 1.92. The molecule has 1 aliphatic heterocycles. The SMILES string of the molecule is CCOC(=O)C1=C(C)N=c2s/c(=C\c3ccc(OC)cc3)c(=O)n2[C@@H]1c1ccc(C)cc1. The Kier molecular flexibility index (Phi) is 6.10. The molecule has 0 saturated carbocycles. The Morgan fingerprint density at radius 1 is 1.12 bits per heavy atom. The number of rotatable bonds is 5. The molecule has 3 aromatic rings. The second-order valence-electron chi connectivity index (χ2n) is 7.49. The van der Waals surface area contributed by atoms with Crippen molar-refractivity contribution in [1.29, 1.82) is 0 Å². The summed E-state index contributed by atoms with van der Waals surface area (Å²) in [6, 6.07) is 14.7. The molecule has 0 fully saturated rings. The first-order valence-electron chi connectivity index (χ1n) is 10.3. The van der Waals surface area contributed by atoms with Crippen molar-refractivity contribution in [1.82, 2.24) is 4.57 Å². The van der Waals surface area contributed by atoms with Crippen molar-refractivity contribution in [2.75, 3.05) is 13.7 Å². The molecule has 1 atom stereocenters. The van der Waals surface area contributed by atoms with Crippen LogP contribution in [0.4, 0.5) is 0 Å². The number of thiazole rings is 1. The largest absolute Gasteiger partial charge is 0.497 e. The summed E-state index contributed by atoms with van der Waals surface area (Å²) in [4.78, 5) is 31.5. The van der Waals surface area contributed by atoms with Gasteiger partial charge in [0.25, 0.3) is 5.56 Å². The highest BCUT2D eigenvalue weighted by Crippen LogP contribution is 2.30. The van der Waals surface area contributed by atoms with Gasteiger partial charge in [-0.2, -0.15) is 0 Å². The van der Waals surface area contributed by atoms with Gasteiger partial charge in [0.2, 0.25) is 0 Å². The maximum atomic E-state index is 13.5. The lowest BCUT2D eigenvalue weighted by Crippen LogP contribution is -2.39. The van der Waals surface area contributed by atoms with Gasteiger partial charge in [0, 0.05) is 0 Å². The number of hydrogen-bond donors (Lipinski definition) is 0. The number of methoxy groups -OCH3 is 1. The Bertz CT molecular complexity index is 1360. The summed E-state index contributed by atoms with van der Waals surface area (Å²) in [7, 11) is 1.61. The predicted molar refractivity (Wildman–Crippen MR) is 125 cm³/mol. The summed E-state index contributed by atoms with van der Waals surface area (Å²) < 4.78 is 12.7. The zero-order chi connectivity index (χ0) is 22.8. The predicted octanol–water partition coefficient (Wildman–Crippen LogP) is 3.12. The second kappa shape index (κ2) is 8.96. The number of carbonyl (C=O) groups excluding carboxylic acids is 1. The third-order valence-electron chi connectivity index (χ3n) is 5.32. The van der Waals surface area contributed by atoms with Crippen LogP contribution in [0.1, 0.15) is 36.6 Å². The number of hydrogen-bond acceptors (Lipinski definition) is 6. The Morgan fingerprint density at radius 2 is 1.81 bits per heavy atom. The first kappa shape index (κ1) is 21.8. The van der Waals surface area contributed by atoms with Gasteiger partial charge in [-0.1, -0.05) is 53.3 Å². The van der Waals surface area contributed by atoms with Crippen molar-refractivity contribution in [3.05, 3.63) is 96.2 Å². The monoisotopic (exact) mass is 448 g/mol. The molecule has 7 heteroatoms. The molecule has 4 rings (SSSR count). The molecule has 0 radical (unpaired) electrons. The average molecular weight is 449 g/mol. The maximum absolute atomic E-state index is 13.5. The molecule has 0 saturated heterocycles. The highest BCUT2D eigenvalue weighted by Gasteiger charge is 2.33. The number of fused-ring (bicyclic) bond motifs is 1.